The predicted octanol–water partition coefficient (Wildman–Crippen LogP) is 3.20. The van der Waals surface area contributed by atoms with E-state index in [1.807, 2.05) is 34.9 Å². The Morgan fingerprint density at radius 1 is 1.00 bits per heavy atom. The minimum absolute atomic E-state index is 0.123. The van der Waals surface area contributed by atoms with Crippen molar-refractivity contribution in [2.75, 3.05) is 5.32 Å². The molecule has 1 N–H and O–H groups in total. The van der Waals surface area contributed by atoms with Crippen LogP contribution in [-0.2, 0) is 13.1 Å². The van der Waals surface area contributed by atoms with Gasteiger partial charge in [-0.1, -0.05) is 42.5 Å². The second-order valence-electron chi connectivity index (χ2n) is 6.41. The van der Waals surface area contributed by atoms with Gasteiger partial charge in [0, 0.05) is 11.3 Å². The van der Waals surface area contributed by atoms with Crippen molar-refractivity contribution < 1.29 is 14.3 Å². The Balaban J connectivity index is 1.63. The lowest BCUT2D eigenvalue weighted by Crippen LogP contribution is -2.22. The minimum Gasteiger partial charge on any atom is -0.545 e. The van der Waals surface area contributed by atoms with Crippen molar-refractivity contribution in [3.05, 3.63) is 95.6 Å². The largest absolute Gasteiger partial charge is 0.545 e. The second-order valence-corrected chi connectivity index (χ2v) is 6.41. The van der Waals surface area contributed by atoms with E-state index in [0.717, 1.165) is 22.5 Å². The number of rotatable bonds is 6. The van der Waals surface area contributed by atoms with Crippen LogP contribution in [0, 0.1) is 5.82 Å². The molecule has 0 aliphatic rings. The summed E-state index contributed by atoms with van der Waals surface area (Å²) in [7, 11) is 0. The molecular formula is C22H17FN3O2-. The maximum absolute atomic E-state index is 14.2. The Morgan fingerprint density at radius 3 is 2.46 bits per heavy atom. The third-order valence-corrected chi connectivity index (χ3v) is 4.59. The highest BCUT2D eigenvalue weighted by Gasteiger charge is 2.12. The number of fused-ring (bicyclic) bond motifs is 1. The van der Waals surface area contributed by atoms with E-state index in [9.17, 15) is 14.3 Å². The lowest BCUT2D eigenvalue weighted by Gasteiger charge is -2.12. The van der Waals surface area contributed by atoms with Crippen LogP contribution in [0.15, 0.2) is 72.8 Å². The Morgan fingerprint density at radius 2 is 1.71 bits per heavy atom. The summed E-state index contributed by atoms with van der Waals surface area (Å²) < 4.78 is 16.1. The molecule has 0 fully saturated rings. The van der Waals surface area contributed by atoms with Crippen molar-refractivity contribution >= 4 is 22.7 Å². The van der Waals surface area contributed by atoms with Gasteiger partial charge in [-0.25, -0.2) is 9.37 Å². The molecule has 140 valence electrons. The SMILES string of the molecule is O=C([O-])c1ccc(NCc2nc3ccccc3n2Cc2ccccc2F)cc1. The number of carbonyl (C=O) groups excluding carboxylic acids is 1. The van der Waals surface area contributed by atoms with E-state index in [1.165, 1.54) is 18.2 Å². The second kappa shape index (κ2) is 7.52. The molecule has 3 aromatic carbocycles. The van der Waals surface area contributed by atoms with Crippen molar-refractivity contribution in [3.63, 3.8) is 0 Å². The zero-order valence-electron chi connectivity index (χ0n) is 14.9. The van der Waals surface area contributed by atoms with Crippen molar-refractivity contribution in [2.24, 2.45) is 0 Å². The summed E-state index contributed by atoms with van der Waals surface area (Å²) in [6.45, 7) is 0.779. The van der Waals surface area contributed by atoms with Gasteiger partial charge < -0.3 is 19.8 Å². The lowest BCUT2D eigenvalue weighted by atomic mass is 10.2. The zero-order chi connectivity index (χ0) is 19.5. The number of hydrogen-bond acceptors (Lipinski definition) is 4. The van der Waals surface area contributed by atoms with Crippen LogP contribution in [0.1, 0.15) is 21.7 Å². The van der Waals surface area contributed by atoms with Crippen LogP contribution < -0.4 is 10.4 Å². The van der Waals surface area contributed by atoms with Gasteiger partial charge in [0.05, 0.1) is 30.1 Å². The fraction of sp³-hybridized carbons (Fsp3) is 0.0909. The number of carboxylic acids is 1. The fourth-order valence-corrected chi connectivity index (χ4v) is 3.14. The first kappa shape index (κ1) is 17.7. The quantitative estimate of drug-likeness (QED) is 0.563. The van der Waals surface area contributed by atoms with E-state index < -0.39 is 5.97 Å². The minimum atomic E-state index is -1.21. The van der Waals surface area contributed by atoms with Crippen LogP contribution in [0.2, 0.25) is 0 Å². The number of nitrogens with zero attached hydrogens (tertiary/aromatic N) is 2. The van der Waals surface area contributed by atoms with Gasteiger partial charge in [-0.2, -0.15) is 0 Å². The van der Waals surface area contributed by atoms with Crippen LogP contribution in [0.3, 0.4) is 0 Å². The van der Waals surface area contributed by atoms with Gasteiger partial charge in [-0.3, -0.25) is 0 Å². The normalized spacial score (nSPS) is 10.9. The molecule has 0 spiro atoms. The van der Waals surface area contributed by atoms with Crippen molar-refractivity contribution in [3.8, 4) is 0 Å². The molecule has 6 heteroatoms. The standard InChI is InChI=1S/C22H18FN3O2/c23-18-6-2-1-5-16(18)14-26-20-8-4-3-7-19(20)25-21(26)13-24-17-11-9-15(10-12-17)22(27)28/h1-12,24H,13-14H2,(H,27,28)/p-1. The summed E-state index contributed by atoms with van der Waals surface area (Å²) >= 11 is 0. The van der Waals surface area contributed by atoms with Crippen molar-refractivity contribution in [2.45, 2.75) is 13.1 Å². The average molecular weight is 374 g/mol. The van der Waals surface area contributed by atoms with Gasteiger partial charge in [-0.15, -0.1) is 0 Å². The highest BCUT2D eigenvalue weighted by atomic mass is 19.1. The number of aromatic carboxylic acids is 1. The first-order valence-corrected chi connectivity index (χ1v) is 8.84. The molecule has 0 amide bonds. The molecule has 0 radical (unpaired) electrons. The highest BCUT2D eigenvalue weighted by molar-refractivity contribution is 5.86. The van der Waals surface area contributed by atoms with E-state index in [1.54, 1.807) is 24.3 Å². The molecule has 0 aliphatic heterocycles. The first-order valence-electron chi connectivity index (χ1n) is 8.84. The maximum atomic E-state index is 14.2. The van der Waals surface area contributed by atoms with Gasteiger partial charge in [0.2, 0.25) is 0 Å². The number of hydrogen-bond donors (Lipinski definition) is 1. The van der Waals surface area contributed by atoms with E-state index >= 15 is 0 Å². The van der Waals surface area contributed by atoms with Gasteiger partial charge in [0.1, 0.15) is 11.6 Å². The van der Waals surface area contributed by atoms with E-state index in [-0.39, 0.29) is 11.4 Å². The molecule has 28 heavy (non-hydrogen) atoms. The number of halogens is 1. The van der Waals surface area contributed by atoms with Gasteiger partial charge in [-0.05, 0) is 35.9 Å². The molecule has 0 saturated carbocycles. The smallest absolute Gasteiger partial charge is 0.129 e. The van der Waals surface area contributed by atoms with Crippen molar-refractivity contribution in [1.29, 1.82) is 0 Å². The highest BCUT2D eigenvalue weighted by Crippen LogP contribution is 2.20. The third-order valence-electron chi connectivity index (χ3n) is 4.59. The van der Waals surface area contributed by atoms with Crippen LogP contribution in [0.5, 0.6) is 0 Å². The zero-order valence-corrected chi connectivity index (χ0v) is 14.9. The summed E-state index contributed by atoms with van der Waals surface area (Å²) in [5.41, 5.74) is 3.23. The average Bonchev–Trinajstić information content (AvgIpc) is 3.06. The van der Waals surface area contributed by atoms with Gasteiger partial charge >= 0.3 is 0 Å². The predicted molar refractivity (Wildman–Crippen MR) is 103 cm³/mol. The number of carboxylic acid groups (broad SMARTS) is 1. The molecule has 4 aromatic rings. The summed E-state index contributed by atoms with van der Waals surface area (Å²) in [6, 6.07) is 20.7. The molecule has 0 unspecified atom stereocenters. The molecule has 1 aromatic heterocycles. The Kier molecular flexibility index (Phi) is 4.76. The van der Waals surface area contributed by atoms with E-state index in [0.29, 0.717) is 18.7 Å². The molecule has 5 nitrogen and oxygen atoms in total. The molecule has 0 atom stereocenters. The molecule has 4 rings (SSSR count). The van der Waals surface area contributed by atoms with Crippen molar-refractivity contribution in [1.82, 2.24) is 9.55 Å². The fourth-order valence-electron chi connectivity index (χ4n) is 3.14. The third kappa shape index (κ3) is 3.57. The summed E-state index contributed by atoms with van der Waals surface area (Å²) in [5, 5.41) is 14.1. The van der Waals surface area contributed by atoms with Crippen LogP contribution in [0.25, 0.3) is 11.0 Å². The molecule has 0 saturated heterocycles. The Bertz CT molecular complexity index is 1140. The van der Waals surface area contributed by atoms with E-state index in [2.05, 4.69) is 10.3 Å². The first-order chi connectivity index (χ1) is 13.6. The number of para-hydroxylation sites is 2. The Labute approximate surface area is 161 Å². The summed E-state index contributed by atoms with van der Waals surface area (Å²) in [6.07, 6.45) is 0. The van der Waals surface area contributed by atoms with Crippen LogP contribution >= 0.6 is 0 Å². The molecule has 1 heterocycles. The lowest BCUT2D eigenvalue weighted by molar-refractivity contribution is -0.255. The molecule has 0 aliphatic carbocycles. The van der Waals surface area contributed by atoms with Gasteiger partial charge in [0.15, 0.2) is 0 Å². The number of carbonyl (C=O) groups is 1. The van der Waals surface area contributed by atoms with E-state index in [4.69, 9.17) is 0 Å². The summed E-state index contributed by atoms with van der Waals surface area (Å²) in [5.74, 6) is -0.705. The van der Waals surface area contributed by atoms with Crippen LogP contribution in [0.4, 0.5) is 10.1 Å². The maximum Gasteiger partial charge on any atom is 0.129 e. The number of imidazole rings is 1. The molecular weight excluding hydrogens is 357 g/mol. The summed E-state index contributed by atoms with van der Waals surface area (Å²) in [4.78, 5) is 15.5. The number of aromatic nitrogens is 2. The number of nitrogens with one attached hydrogen (secondary N) is 1. The monoisotopic (exact) mass is 374 g/mol. The molecule has 0 bridgehead atoms. The number of benzene rings is 3. The number of anilines is 1. The Hall–Kier alpha value is -3.67. The van der Waals surface area contributed by atoms with Crippen LogP contribution in [-0.4, -0.2) is 15.5 Å². The topological polar surface area (TPSA) is 70.0 Å². The van der Waals surface area contributed by atoms with Gasteiger partial charge in [0.25, 0.3) is 0 Å².